The van der Waals surface area contributed by atoms with E-state index < -0.39 is 23.2 Å². The van der Waals surface area contributed by atoms with E-state index in [-0.39, 0.29) is 45.4 Å². The van der Waals surface area contributed by atoms with Crippen molar-refractivity contribution in [2.45, 2.75) is 28.6 Å². The summed E-state index contributed by atoms with van der Waals surface area (Å²) in [6.45, 7) is 0. The van der Waals surface area contributed by atoms with E-state index in [1.165, 1.54) is 24.3 Å². The fourth-order valence-corrected chi connectivity index (χ4v) is 5.11. The molecule has 0 unspecified atom stereocenters. The molecule has 0 amide bonds. The summed E-state index contributed by atoms with van der Waals surface area (Å²) >= 11 is 7.22. The first kappa shape index (κ1) is 23.3. The second-order valence-electron chi connectivity index (χ2n) is 7.32. The predicted molar refractivity (Wildman–Crippen MR) is 123 cm³/mol. The maximum atomic E-state index is 15.3. The van der Waals surface area contributed by atoms with Crippen LogP contribution >= 0.6 is 23.4 Å². The second kappa shape index (κ2) is 9.15. The zero-order chi connectivity index (χ0) is 21.7. The molecule has 4 aromatic rings. The van der Waals surface area contributed by atoms with Crippen LogP contribution in [-0.4, -0.2) is 50.2 Å². The molecular weight excluding hydrogens is 465 g/mol. The van der Waals surface area contributed by atoms with Gasteiger partial charge in [-0.3, -0.25) is 4.98 Å². The number of aromatic carboxylic acids is 1. The monoisotopic (exact) mass is 480 g/mol. The molecule has 2 aromatic carbocycles. The van der Waals surface area contributed by atoms with E-state index in [2.05, 4.69) is 4.98 Å². The SMILES string of the molecule is O=C(O)c1cccc(Sc2c(C3CC3)n(-c3cccnc3)c3c(F)c(Cl)ccc23)c1F.[NaH]. The summed E-state index contributed by atoms with van der Waals surface area (Å²) in [5, 5.41) is 9.86. The Balaban J connectivity index is 0.00000245. The van der Waals surface area contributed by atoms with Gasteiger partial charge in [0.1, 0.15) is 0 Å². The molecule has 0 saturated heterocycles. The molecule has 2 heterocycles. The zero-order valence-electron chi connectivity index (χ0n) is 16.0. The summed E-state index contributed by atoms with van der Waals surface area (Å²) in [6, 6.07) is 11.1. The van der Waals surface area contributed by atoms with Crippen LogP contribution in [0.4, 0.5) is 8.78 Å². The molecule has 0 bridgehead atoms. The molecule has 0 aliphatic heterocycles. The summed E-state index contributed by atoms with van der Waals surface area (Å²) in [5.74, 6) is -2.52. The van der Waals surface area contributed by atoms with Crippen molar-refractivity contribution in [3.63, 3.8) is 0 Å². The van der Waals surface area contributed by atoms with Gasteiger partial charge in [-0.05, 0) is 49.2 Å². The number of halogens is 3. The molecule has 4 nitrogen and oxygen atoms in total. The number of hydrogen-bond donors (Lipinski definition) is 1. The van der Waals surface area contributed by atoms with Crippen LogP contribution in [0.2, 0.25) is 5.02 Å². The van der Waals surface area contributed by atoms with E-state index in [1.807, 2.05) is 10.6 Å². The Morgan fingerprint density at radius 1 is 1.12 bits per heavy atom. The van der Waals surface area contributed by atoms with Crippen molar-refractivity contribution in [1.82, 2.24) is 9.55 Å². The van der Waals surface area contributed by atoms with Gasteiger partial charge in [-0.1, -0.05) is 29.4 Å². The third kappa shape index (κ3) is 3.97. The number of benzene rings is 2. The van der Waals surface area contributed by atoms with E-state index in [1.54, 1.807) is 24.5 Å². The van der Waals surface area contributed by atoms with Crippen LogP contribution in [0.25, 0.3) is 16.6 Å². The molecule has 158 valence electrons. The van der Waals surface area contributed by atoms with Gasteiger partial charge in [0, 0.05) is 33.0 Å². The van der Waals surface area contributed by atoms with Gasteiger partial charge in [0.2, 0.25) is 0 Å². The molecule has 1 saturated carbocycles. The molecule has 5 rings (SSSR count). The molecule has 1 aliphatic rings. The number of fused-ring (bicyclic) bond motifs is 1. The molecular formula is C23H16ClF2N2NaO2S. The van der Waals surface area contributed by atoms with Gasteiger partial charge < -0.3 is 9.67 Å². The maximum absolute atomic E-state index is 15.3. The van der Waals surface area contributed by atoms with Gasteiger partial charge in [0.25, 0.3) is 0 Å². The number of rotatable bonds is 5. The molecule has 32 heavy (non-hydrogen) atoms. The van der Waals surface area contributed by atoms with Crippen LogP contribution < -0.4 is 0 Å². The van der Waals surface area contributed by atoms with E-state index in [4.69, 9.17) is 11.6 Å². The molecule has 0 atom stereocenters. The Labute approximate surface area is 213 Å². The topological polar surface area (TPSA) is 55.1 Å². The van der Waals surface area contributed by atoms with Crippen molar-refractivity contribution in [3.05, 3.63) is 82.8 Å². The minimum atomic E-state index is -1.34. The quantitative estimate of drug-likeness (QED) is 0.354. The summed E-state index contributed by atoms with van der Waals surface area (Å²) in [7, 11) is 0. The Kier molecular flexibility index (Phi) is 6.66. The van der Waals surface area contributed by atoms with Crippen molar-refractivity contribution in [3.8, 4) is 5.69 Å². The number of pyridine rings is 1. The summed E-state index contributed by atoms with van der Waals surface area (Å²) < 4.78 is 32.0. The van der Waals surface area contributed by atoms with Gasteiger partial charge in [0.05, 0.1) is 28.0 Å². The normalized spacial score (nSPS) is 13.2. The Hall–Kier alpha value is -1.90. The van der Waals surface area contributed by atoms with Crippen molar-refractivity contribution in [1.29, 1.82) is 0 Å². The number of carboxylic acids is 1. The van der Waals surface area contributed by atoms with Crippen molar-refractivity contribution < 1.29 is 18.7 Å². The average molecular weight is 481 g/mol. The van der Waals surface area contributed by atoms with E-state index >= 15 is 4.39 Å². The van der Waals surface area contributed by atoms with Gasteiger partial charge in [-0.25, -0.2) is 13.6 Å². The van der Waals surface area contributed by atoms with Gasteiger partial charge in [0.15, 0.2) is 11.6 Å². The third-order valence-corrected chi connectivity index (χ3v) is 6.74. The standard InChI is InChI=1S/C23H15ClF2N2O2S.Na.H/c24-16-9-8-15-21(19(16)26)28(13-3-2-10-27-11-13)20(12-6-7-12)22(15)31-17-5-1-4-14(18(17)25)23(29)30;;/h1-5,8-12H,6-7H2,(H,29,30);;. The Morgan fingerprint density at radius 2 is 1.91 bits per heavy atom. The fraction of sp³-hybridized carbons (Fsp3) is 0.130. The zero-order valence-corrected chi connectivity index (χ0v) is 17.6. The third-order valence-electron chi connectivity index (χ3n) is 5.28. The van der Waals surface area contributed by atoms with Gasteiger partial charge in [-0.15, -0.1) is 0 Å². The fourth-order valence-electron chi connectivity index (χ4n) is 3.75. The summed E-state index contributed by atoms with van der Waals surface area (Å²) in [5.41, 5.74) is 1.44. The van der Waals surface area contributed by atoms with Gasteiger partial charge >= 0.3 is 35.5 Å². The molecule has 1 aliphatic carbocycles. The Morgan fingerprint density at radius 3 is 2.56 bits per heavy atom. The van der Waals surface area contributed by atoms with Crippen LogP contribution in [-0.2, 0) is 0 Å². The molecule has 0 radical (unpaired) electrons. The average Bonchev–Trinajstić information content (AvgIpc) is 3.55. The summed E-state index contributed by atoms with van der Waals surface area (Å²) in [4.78, 5) is 16.4. The van der Waals surface area contributed by atoms with E-state index in [0.29, 0.717) is 21.5 Å². The van der Waals surface area contributed by atoms with Gasteiger partial charge in [-0.2, -0.15) is 0 Å². The van der Waals surface area contributed by atoms with Crippen molar-refractivity contribution >= 4 is 69.8 Å². The molecule has 1 fully saturated rings. The van der Waals surface area contributed by atoms with Crippen LogP contribution in [0.15, 0.2) is 64.6 Å². The first-order valence-electron chi connectivity index (χ1n) is 9.59. The number of carboxylic acid groups (broad SMARTS) is 1. The minimum absolute atomic E-state index is 0. The molecule has 9 heteroatoms. The van der Waals surface area contributed by atoms with Crippen LogP contribution in [0.1, 0.15) is 34.8 Å². The Bertz CT molecular complexity index is 1340. The van der Waals surface area contributed by atoms with Crippen molar-refractivity contribution in [2.24, 2.45) is 0 Å². The summed E-state index contributed by atoms with van der Waals surface area (Å²) in [6.07, 6.45) is 5.14. The second-order valence-corrected chi connectivity index (χ2v) is 8.78. The number of carbonyl (C=O) groups is 1. The van der Waals surface area contributed by atoms with E-state index in [0.717, 1.165) is 30.3 Å². The number of nitrogens with zero attached hydrogens (tertiary/aromatic N) is 2. The molecule has 2 aromatic heterocycles. The molecule has 1 N–H and O–H groups in total. The van der Waals surface area contributed by atoms with Crippen LogP contribution in [0, 0.1) is 11.6 Å². The number of hydrogen-bond acceptors (Lipinski definition) is 3. The van der Waals surface area contributed by atoms with Crippen molar-refractivity contribution in [2.75, 3.05) is 0 Å². The first-order valence-corrected chi connectivity index (χ1v) is 10.8. The molecule has 0 spiro atoms. The van der Waals surface area contributed by atoms with E-state index in [9.17, 15) is 14.3 Å². The van der Waals surface area contributed by atoms with Crippen LogP contribution in [0.3, 0.4) is 0 Å². The van der Waals surface area contributed by atoms with Crippen LogP contribution in [0.5, 0.6) is 0 Å². The first-order chi connectivity index (χ1) is 15.0. The number of aromatic nitrogens is 2. The predicted octanol–water partition coefficient (Wildman–Crippen LogP) is 6.04.